The third-order valence-corrected chi connectivity index (χ3v) is 27.2. The van der Waals surface area contributed by atoms with Gasteiger partial charge >= 0.3 is 47.6 Å². The maximum Gasteiger partial charge on any atom is -0.00132 e. The van der Waals surface area contributed by atoms with Crippen LogP contribution in [-0.4, -0.2) is 85.7 Å². The van der Waals surface area contributed by atoms with Gasteiger partial charge in [0.1, 0.15) is 2.35 Å². The van der Waals surface area contributed by atoms with E-state index in [2.05, 4.69) is 405 Å². The van der Waals surface area contributed by atoms with Gasteiger partial charge < -0.3 is 38.2 Å². The number of hydrogen-bond acceptors (Lipinski definition) is 13. The molecule has 739 valence electrons. The largest absolute Gasteiger partial charge is 0.0619 e. The number of hydrogen-bond donors (Lipinski definition) is 5. The van der Waals surface area contributed by atoms with Gasteiger partial charge in [-0.3, -0.25) is 24.6 Å². The van der Waals surface area contributed by atoms with Crippen molar-refractivity contribution in [1.82, 2.24) is 4.57 Å². The fraction of sp³-hybridized carbons (Fsp3) is 0.0769. The Hall–Kier alpha value is -11.3. The summed E-state index contributed by atoms with van der Waals surface area (Å²) in [4.78, 5) is 20.6. The number of para-hydroxylation sites is 3. The number of fused-ring (bicyclic) bond motifs is 13. The number of nitro benzene ring substituents is 2. The molecule has 0 bridgehead atoms. The Kier molecular flexibility index (Phi) is 48.7. The molecule has 0 fully saturated rings. The van der Waals surface area contributed by atoms with Gasteiger partial charge in [0, 0.05) is 50.1 Å². The van der Waals surface area contributed by atoms with E-state index < -0.39 is 34.9 Å². The summed E-state index contributed by atoms with van der Waals surface area (Å²) in [6, 6.07) is 147. The number of benzene rings is 19. The van der Waals surface area contributed by atoms with Gasteiger partial charge in [0.2, 0.25) is 0 Å². The first-order valence-electron chi connectivity index (χ1n) is 46.9. The Bertz CT molecular complexity index is 7590. The van der Waals surface area contributed by atoms with E-state index in [0.29, 0.717) is 40.8 Å². The number of aromatic nitrogens is 1. The molecular formula is C117H102B3Br5Cl2FIN4O11PS. The first kappa shape index (κ1) is 113. The number of rotatable bonds is 14. The second-order valence-electron chi connectivity index (χ2n) is 31.3. The van der Waals surface area contributed by atoms with Crippen LogP contribution in [0.4, 0.5) is 15.8 Å². The molecule has 4 N–H and O–H groups in total. The van der Waals surface area contributed by atoms with Crippen LogP contribution in [0, 0.1) is 23.8 Å². The maximum atomic E-state index is 11.1. The van der Waals surface area contributed by atoms with Crippen LogP contribution in [0.25, 0.3) is 115 Å². The van der Waals surface area contributed by atoms with Crippen LogP contribution >= 0.6 is 148 Å². The van der Waals surface area contributed by atoms with Gasteiger partial charge in [-0.05, 0) is 267 Å². The molecule has 15 nitrogen and oxygen atoms in total. The van der Waals surface area contributed by atoms with Crippen LogP contribution in [0.5, 0.6) is 0 Å². The smallest absolute Gasteiger partial charge is 0.00132 e. The second kappa shape index (κ2) is 62.7. The summed E-state index contributed by atoms with van der Waals surface area (Å²) in [6.07, 6.45) is 2.15. The van der Waals surface area contributed by atoms with Gasteiger partial charge in [0.15, 0.2) is 0 Å². The van der Waals surface area contributed by atoms with Crippen molar-refractivity contribution in [3.8, 4) is 61.3 Å². The Balaban J connectivity index is 0.000000185. The van der Waals surface area contributed by atoms with E-state index in [-0.39, 0.29) is 16.3 Å². The SMILES string of the molecule is Brc1cccc(-c2ccccc2)c1.Brc1cccc(I)c1.Brc1cccc2c1-c1ccccc1C2.Brc1cccc2c1c1ccccc1n2-c1cccc(-c2ccccc2)c1.CCOP(OCC)OCC.O=[N+]([O-])c1ccccc1-c1cccc2ccccc12.O=[N+]([O-])c1ccccc1Br.OB(O)c1cccc2ccccc12.OB(O)c1ccccc1.[2H]CF.[3H]Cl.[3H]Cl.[B]=NS.c1ccc2c(c1)Cc1ccc3ccccc3c1-2. The topological polar surface area (TPSA) is 212 Å². The normalized spacial score (nSPS) is 10.6. The molecular weight excluding hydrogens is 2350 g/mol. The molecule has 20 aromatic rings. The van der Waals surface area contributed by atoms with Crippen molar-refractivity contribution in [1.29, 1.82) is 2.35 Å². The molecule has 2 aliphatic carbocycles. The first-order valence-corrected chi connectivity index (χ1v) is 52.0. The summed E-state index contributed by atoms with van der Waals surface area (Å²) in [5.41, 5.74) is 22.8. The predicted molar refractivity (Wildman–Crippen MR) is 642 cm³/mol. The molecule has 29 heteroatoms. The fourth-order valence-corrected chi connectivity index (χ4v) is 20.2. The third-order valence-electron chi connectivity index (χ3n) is 22.2. The van der Waals surface area contributed by atoms with Gasteiger partial charge in [0.05, 0.1) is 59.3 Å². The number of alkyl halides is 1. The van der Waals surface area contributed by atoms with Crippen LogP contribution in [-0.2, 0) is 26.4 Å². The fourth-order valence-electron chi connectivity index (χ4n) is 16.0. The Morgan fingerprint density at radius 3 is 1.32 bits per heavy atom. The van der Waals surface area contributed by atoms with E-state index in [1.54, 1.807) is 60.7 Å². The monoisotopic (exact) mass is 2450 g/mol. The molecule has 19 aromatic carbocycles. The van der Waals surface area contributed by atoms with E-state index in [1.165, 1.54) is 125 Å². The molecule has 0 saturated carbocycles. The van der Waals surface area contributed by atoms with Gasteiger partial charge in [-0.15, -0.1) is 24.6 Å². The van der Waals surface area contributed by atoms with Crippen molar-refractivity contribution in [3.05, 3.63) is 511 Å². The average molecular weight is 2460 g/mol. The summed E-state index contributed by atoms with van der Waals surface area (Å²) in [7, 11) is -0.463. The standard InChI is InChI=1S/C24H16BrN.C17H12.C16H11NO2.C13H9Br.C12H9Br.C10H9BO2.C6H7BO2.C6H4BrI.C6H4BrNO2.C6H15O3P.CH3F.BHNS.2ClH/c25-21-13-7-15-23-24(21)20-12-4-5-14-22(20)26(23)19-11-6-10-18(16-19)17-8-2-1-3-9-17;1-3-7-15-12(5-1)9-10-14-11-13-6-2-4-8-16(13)17(14)15;18-17(19)16-11-4-3-9-15(16)14-10-5-7-12-6-1-2-8-13(12)14;14-12-7-3-5-10-8-9-4-1-2-6-11(9)13(10)12;13-12-8-4-7-11(9-12)10-5-2-1-3-6-10;12-11(13)10-7-3-5-8-4-1-2-6-9(8)10;8-7(9)6-4-2-1-3-5-6;7-5-2-1-3-6(8)4-5;7-5-3-1-2-4-6(5)8(9)10;1-4-7-10(8-5-2)9-6-3;1-2;1-2-3;;/h1-16H;1-10H,11H2;1-11H;1-7H,8H2;1-9H;1-7,12-13H;1-5,8-9H;1-4H;1-4H;4-6H2,1-3H3;1H3;3H;2*1H/i;;;;;;;;;;1D;;;/hT2. The molecule has 1 aromatic heterocycles. The zero-order valence-corrected chi connectivity index (χ0v) is 92.7. The molecule has 0 saturated heterocycles. The van der Waals surface area contributed by atoms with E-state index >= 15 is 0 Å². The Morgan fingerprint density at radius 1 is 0.411 bits per heavy atom. The number of nitro groups is 2. The van der Waals surface area contributed by atoms with Gasteiger partial charge in [-0.2, -0.15) is 0 Å². The molecule has 0 amide bonds. The summed E-state index contributed by atoms with van der Waals surface area (Å²) in [6.45, 7) is 7.71. The summed E-state index contributed by atoms with van der Waals surface area (Å²) in [5.74, 6) is 0. The Morgan fingerprint density at radius 2 is 0.795 bits per heavy atom. The number of nitrogens with zero attached hydrogens (tertiary/aromatic N) is 4. The molecule has 0 atom stereocenters. The number of thiol groups is 1. The molecule has 2 aliphatic rings. The molecule has 1 radical (unpaired) electrons. The van der Waals surface area contributed by atoms with E-state index in [1.807, 2.05) is 142 Å². The minimum absolute atomic E-state index is 0.0995. The zero-order chi connectivity index (χ0) is 107. The van der Waals surface area contributed by atoms with Gasteiger partial charge in [0.25, 0.3) is 11.4 Å². The van der Waals surface area contributed by atoms with Gasteiger partial charge in [-0.1, -0.05) is 416 Å². The molecule has 22 rings (SSSR count). The maximum absolute atomic E-state index is 11.1. The van der Waals surface area contributed by atoms with Crippen molar-refractivity contribution in [2.45, 2.75) is 33.6 Å². The van der Waals surface area contributed by atoms with Crippen molar-refractivity contribution in [3.63, 3.8) is 0 Å². The van der Waals surface area contributed by atoms with Crippen molar-refractivity contribution in [2.24, 2.45) is 4.30 Å². The summed E-state index contributed by atoms with van der Waals surface area (Å²) in [5, 5.41) is 65.9. The summed E-state index contributed by atoms with van der Waals surface area (Å²) >= 11 is 30.5. The van der Waals surface area contributed by atoms with Crippen molar-refractivity contribution >= 4 is 247 Å². The van der Waals surface area contributed by atoms with Crippen molar-refractivity contribution < 1.29 is 49.3 Å². The van der Waals surface area contributed by atoms with Crippen LogP contribution in [0.1, 0.15) is 44.4 Å². The van der Waals surface area contributed by atoms with E-state index in [4.69, 9.17) is 37.4 Å². The molecule has 146 heavy (non-hydrogen) atoms. The van der Waals surface area contributed by atoms with E-state index in [0.717, 1.165) is 53.4 Å². The summed E-state index contributed by atoms with van der Waals surface area (Å²) < 4.78 is 52.8. The van der Waals surface area contributed by atoms with Crippen LogP contribution in [0.15, 0.2) is 470 Å². The number of halogens is 9. The molecule has 1 heterocycles. The Labute approximate surface area is 931 Å². The van der Waals surface area contributed by atoms with Crippen LogP contribution in [0.2, 0.25) is 0 Å². The minimum atomic E-state index is -1.40. The molecule has 0 spiro atoms. The predicted octanol–water partition coefficient (Wildman–Crippen LogP) is 33.4. The van der Waals surface area contributed by atoms with Crippen LogP contribution in [0.3, 0.4) is 0 Å². The third kappa shape index (κ3) is 33.9. The quantitative estimate of drug-likeness (QED) is 0.0173. The van der Waals surface area contributed by atoms with Crippen molar-refractivity contribution in [2.75, 3.05) is 27.0 Å². The van der Waals surface area contributed by atoms with Gasteiger partial charge in [-0.25, -0.2) is 0 Å². The zero-order valence-electron chi connectivity index (χ0n) is 82.4. The second-order valence-corrected chi connectivity index (χ2v) is 38.4. The minimum Gasteiger partial charge on any atom is -0.0619 e. The average Bonchev–Trinajstić information content (AvgIpc) is 1.60. The van der Waals surface area contributed by atoms with Crippen LogP contribution < -0.4 is 10.9 Å². The first-order chi connectivity index (χ1) is 72.5. The molecule has 0 aliphatic heterocycles. The van der Waals surface area contributed by atoms with E-state index in [9.17, 15) is 24.6 Å². The molecule has 0 unspecified atom stereocenters.